The summed E-state index contributed by atoms with van der Waals surface area (Å²) in [6, 6.07) is -0.286. The topological polar surface area (TPSA) is 122 Å². The summed E-state index contributed by atoms with van der Waals surface area (Å²) in [4.78, 5) is 11.8. The maximum atomic E-state index is 11.8. The number of aliphatic hydroxyl groups excluding tert-OH is 1. The summed E-state index contributed by atoms with van der Waals surface area (Å²) in [7, 11) is 0. The Morgan fingerprint density at radius 2 is 2.42 bits per heavy atom. The molecule has 19 heavy (non-hydrogen) atoms. The van der Waals surface area contributed by atoms with Gasteiger partial charge in [-0.1, -0.05) is 16.8 Å². The largest absolute Gasteiger partial charge is 0.394 e. The lowest BCUT2D eigenvalue weighted by molar-refractivity contribution is 0.266. The SMILES string of the molecule is CC(Nc1cnn(CCO)c(=O)c1Cl)c1nn[nH]n1. The Bertz CT molecular complexity index is 597. The predicted molar refractivity (Wildman–Crippen MR) is 66.8 cm³/mol. The second-order valence-electron chi connectivity index (χ2n) is 3.76. The van der Waals surface area contributed by atoms with E-state index < -0.39 is 5.56 Å². The van der Waals surface area contributed by atoms with Crippen LogP contribution in [0.2, 0.25) is 5.02 Å². The van der Waals surface area contributed by atoms with Crippen molar-refractivity contribution in [1.29, 1.82) is 0 Å². The normalized spacial score (nSPS) is 12.4. The molecule has 0 radical (unpaired) electrons. The number of aliphatic hydroxyl groups is 1. The Hall–Kier alpha value is -2.00. The van der Waals surface area contributed by atoms with Crippen LogP contribution in [0, 0.1) is 0 Å². The van der Waals surface area contributed by atoms with Crippen LogP contribution in [0.1, 0.15) is 18.8 Å². The summed E-state index contributed by atoms with van der Waals surface area (Å²) in [6.07, 6.45) is 1.41. The summed E-state index contributed by atoms with van der Waals surface area (Å²) >= 11 is 5.96. The fraction of sp³-hybridized carbons (Fsp3) is 0.444. The van der Waals surface area contributed by atoms with Gasteiger partial charge < -0.3 is 10.4 Å². The molecule has 0 spiro atoms. The number of nitrogens with one attached hydrogen (secondary N) is 2. The summed E-state index contributed by atoms with van der Waals surface area (Å²) in [6.45, 7) is 1.70. The number of nitrogens with zero attached hydrogens (tertiary/aromatic N) is 5. The summed E-state index contributed by atoms with van der Waals surface area (Å²) < 4.78 is 1.09. The molecule has 0 aliphatic carbocycles. The zero-order valence-electron chi connectivity index (χ0n) is 10.0. The van der Waals surface area contributed by atoms with Gasteiger partial charge in [-0.15, -0.1) is 10.2 Å². The molecule has 1 unspecified atom stereocenters. The average Bonchev–Trinajstić information content (AvgIpc) is 2.92. The fourth-order valence-electron chi connectivity index (χ4n) is 1.47. The van der Waals surface area contributed by atoms with E-state index in [0.717, 1.165) is 4.68 Å². The fourth-order valence-corrected chi connectivity index (χ4v) is 1.67. The zero-order valence-corrected chi connectivity index (χ0v) is 10.8. The molecule has 0 saturated heterocycles. The molecule has 10 heteroatoms. The van der Waals surface area contributed by atoms with Crippen LogP contribution in [-0.4, -0.2) is 42.1 Å². The molecule has 2 rings (SSSR count). The van der Waals surface area contributed by atoms with Gasteiger partial charge in [0.15, 0.2) is 5.82 Å². The number of hydrogen-bond acceptors (Lipinski definition) is 7. The van der Waals surface area contributed by atoms with Crippen molar-refractivity contribution in [3.8, 4) is 0 Å². The van der Waals surface area contributed by atoms with Crippen molar-refractivity contribution in [3.05, 3.63) is 27.4 Å². The molecule has 1 atom stereocenters. The highest BCUT2D eigenvalue weighted by atomic mass is 35.5. The first-order chi connectivity index (χ1) is 9.13. The molecule has 0 aliphatic rings. The van der Waals surface area contributed by atoms with Crippen LogP contribution >= 0.6 is 11.6 Å². The quantitative estimate of drug-likeness (QED) is 0.681. The third-order valence-electron chi connectivity index (χ3n) is 2.42. The van der Waals surface area contributed by atoms with Crippen LogP contribution in [0.25, 0.3) is 0 Å². The Morgan fingerprint density at radius 1 is 1.63 bits per heavy atom. The molecule has 0 amide bonds. The molecule has 9 nitrogen and oxygen atoms in total. The minimum atomic E-state index is -0.471. The van der Waals surface area contributed by atoms with E-state index in [1.807, 2.05) is 0 Å². The van der Waals surface area contributed by atoms with Crippen molar-refractivity contribution < 1.29 is 5.11 Å². The van der Waals surface area contributed by atoms with Crippen molar-refractivity contribution in [2.45, 2.75) is 19.5 Å². The highest BCUT2D eigenvalue weighted by Gasteiger charge is 2.14. The predicted octanol–water partition coefficient (Wildman–Crippen LogP) is -0.425. The van der Waals surface area contributed by atoms with Crippen LogP contribution in [0.15, 0.2) is 11.0 Å². The molecule has 0 bridgehead atoms. The van der Waals surface area contributed by atoms with Crippen molar-refractivity contribution in [1.82, 2.24) is 30.4 Å². The molecular formula is C9H12ClN7O2. The maximum Gasteiger partial charge on any atom is 0.287 e. The summed E-state index contributed by atoms with van der Waals surface area (Å²) in [5, 5.41) is 29.1. The monoisotopic (exact) mass is 285 g/mol. The minimum absolute atomic E-state index is 0.00112. The molecule has 0 saturated carbocycles. The molecule has 2 heterocycles. The molecule has 102 valence electrons. The van der Waals surface area contributed by atoms with Gasteiger partial charge in [0.05, 0.1) is 31.1 Å². The van der Waals surface area contributed by atoms with E-state index in [4.69, 9.17) is 16.7 Å². The molecule has 0 aromatic carbocycles. The van der Waals surface area contributed by atoms with Gasteiger partial charge in [-0.05, 0) is 6.92 Å². The molecule has 2 aromatic heterocycles. The van der Waals surface area contributed by atoms with Gasteiger partial charge in [-0.2, -0.15) is 10.3 Å². The average molecular weight is 286 g/mol. The van der Waals surface area contributed by atoms with Crippen LogP contribution in [0.5, 0.6) is 0 Å². The van der Waals surface area contributed by atoms with Crippen molar-refractivity contribution >= 4 is 17.3 Å². The summed E-state index contributed by atoms with van der Waals surface area (Å²) in [5.74, 6) is 0.440. The van der Waals surface area contributed by atoms with Crippen LogP contribution in [-0.2, 0) is 6.54 Å². The lowest BCUT2D eigenvalue weighted by Gasteiger charge is -2.13. The second-order valence-corrected chi connectivity index (χ2v) is 4.14. The first-order valence-electron chi connectivity index (χ1n) is 5.50. The number of aromatic amines is 1. The van der Waals surface area contributed by atoms with E-state index in [2.05, 4.69) is 31.0 Å². The summed E-state index contributed by atoms with van der Waals surface area (Å²) in [5.41, 5.74) is -0.0980. The van der Waals surface area contributed by atoms with E-state index in [1.54, 1.807) is 6.92 Å². The van der Waals surface area contributed by atoms with Gasteiger partial charge in [0.1, 0.15) is 5.02 Å². The highest BCUT2D eigenvalue weighted by Crippen LogP contribution is 2.20. The van der Waals surface area contributed by atoms with Crippen LogP contribution < -0.4 is 10.9 Å². The number of halogens is 1. The van der Waals surface area contributed by atoms with Gasteiger partial charge in [-0.3, -0.25) is 4.79 Å². The number of hydrogen-bond donors (Lipinski definition) is 3. The van der Waals surface area contributed by atoms with E-state index in [9.17, 15) is 4.79 Å². The zero-order chi connectivity index (χ0) is 13.8. The van der Waals surface area contributed by atoms with Gasteiger partial charge in [0, 0.05) is 0 Å². The second kappa shape index (κ2) is 5.76. The van der Waals surface area contributed by atoms with E-state index in [1.165, 1.54) is 6.20 Å². The first-order valence-corrected chi connectivity index (χ1v) is 5.87. The molecule has 0 fully saturated rings. The Morgan fingerprint density at radius 3 is 3.05 bits per heavy atom. The Labute approximate surface area is 112 Å². The molecule has 3 N–H and O–H groups in total. The van der Waals surface area contributed by atoms with Crippen molar-refractivity contribution in [2.24, 2.45) is 0 Å². The molecular weight excluding hydrogens is 274 g/mol. The van der Waals surface area contributed by atoms with Crippen molar-refractivity contribution in [2.75, 3.05) is 11.9 Å². The maximum absolute atomic E-state index is 11.8. The van der Waals surface area contributed by atoms with Gasteiger partial charge in [0.25, 0.3) is 5.56 Å². The standard InChI is InChI=1S/C9H12ClN7O2/c1-5(8-13-15-16-14-8)12-6-4-11-17(2-3-18)9(19)7(6)10/h4-5,12,18H,2-3H2,1H3,(H,13,14,15,16). The molecule has 0 aliphatic heterocycles. The third-order valence-corrected chi connectivity index (χ3v) is 2.78. The first kappa shape index (κ1) is 13.4. The Balaban J connectivity index is 2.22. The van der Waals surface area contributed by atoms with Crippen molar-refractivity contribution in [3.63, 3.8) is 0 Å². The van der Waals surface area contributed by atoms with Crippen LogP contribution in [0.3, 0.4) is 0 Å². The lowest BCUT2D eigenvalue weighted by Crippen LogP contribution is -2.26. The van der Waals surface area contributed by atoms with Gasteiger partial charge >= 0.3 is 0 Å². The third kappa shape index (κ3) is 2.88. The highest BCUT2D eigenvalue weighted by molar-refractivity contribution is 6.32. The number of aromatic nitrogens is 6. The number of H-pyrrole nitrogens is 1. The van der Waals surface area contributed by atoms with E-state index >= 15 is 0 Å². The minimum Gasteiger partial charge on any atom is -0.394 e. The van der Waals surface area contributed by atoms with E-state index in [-0.39, 0.29) is 24.2 Å². The smallest absolute Gasteiger partial charge is 0.287 e. The van der Waals surface area contributed by atoms with Gasteiger partial charge in [-0.25, -0.2) is 4.68 Å². The Kier molecular flexibility index (Phi) is 4.07. The van der Waals surface area contributed by atoms with Gasteiger partial charge in [0.2, 0.25) is 0 Å². The molecule has 2 aromatic rings. The van der Waals surface area contributed by atoms with E-state index in [0.29, 0.717) is 11.5 Å². The number of rotatable bonds is 5. The van der Waals surface area contributed by atoms with Crippen LogP contribution in [0.4, 0.5) is 5.69 Å². The lowest BCUT2D eigenvalue weighted by atomic mass is 10.3. The number of tetrazole rings is 1. The number of anilines is 1.